The average molecular weight is 591 g/mol. The van der Waals surface area contributed by atoms with Gasteiger partial charge in [0.05, 0.1) is 16.6 Å². The molecule has 0 aliphatic rings. The van der Waals surface area contributed by atoms with Crippen LogP contribution in [0.15, 0.2) is 103 Å². The van der Waals surface area contributed by atoms with E-state index in [2.05, 4.69) is 105 Å². The lowest BCUT2D eigenvalue weighted by atomic mass is 9.77. The fourth-order valence-corrected chi connectivity index (χ4v) is 5.55. The van der Waals surface area contributed by atoms with Gasteiger partial charge in [-0.15, -0.1) is 0 Å². The molecule has 0 radical (unpaired) electrons. The Morgan fingerprint density at radius 1 is 0.829 bits per heavy atom. The van der Waals surface area contributed by atoms with Gasteiger partial charge in [-0.3, -0.25) is 0 Å². The topological polar surface area (TPSA) is 34.0 Å². The summed E-state index contributed by atoms with van der Waals surface area (Å²) in [5.41, 5.74) is 4.31. The molecule has 0 saturated carbocycles. The Kier molecular flexibility index (Phi) is 6.62. The summed E-state index contributed by atoms with van der Waals surface area (Å²) in [6.07, 6.45) is 3.96. The molecule has 0 spiro atoms. The SMILES string of the molecule is CN(C)/C=C/c1nc(Cl)cc2c1c(I)nn2C(c1ccccc1)(c1ccccc1)c1ccccc1. The van der Waals surface area contributed by atoms with E-state index in [0.29, 0.717) is 5.15 Å². The Labute approximate surface area is 224 Å². The third-order valence-electron chi connectivity index (χ3n) is 6.04. The molecule has 0 fully saturated rings. The van der Waals surface area contributed by atoms with Crippen molar-refractivity contribution in [3.8, 4) is 0 Å². The summed E-state index contributed by atoms with van der Waals surface area (Å²) in [7, 11) is 3.97. The highest BCUT2D eigenvalue weighted by Gasteiger charge is 2.41. The van der Waals surface area contributed by atoms with E-state index in [1.165, 1.54) is 0 Å². The van der Waals surface area contributed by atoms with Crippen LogP contribution >= 0.6 is 34.2 Å². The van der Waals surface area contributed by atoms with Crippen molar-refractivity contribution < 1.29 is 0 Å². The summed E-state index contributed by atoms with van der Waals surface area (Å²) in [5, 5.41) is 6.58. The fourth-order valence-electron chi connectivity index (χ4n) is 4.59. The highest BCUT2D eigenvalue weighted by atomic mass is 127. The largest absolute Gasteiger partial charge is 0.383 e. The van der Waals surface area contributed by atoms with Crippen molar-refractivity contribution in [3.05, 3.63) is 134 Å². The predicted molar refractivity (Wildman–Crippen MR) is 153 cm³/mol. The maximum atomic E-state index is 6.61. The van der Waals surface area contributed by atoms with E-state index >= 15 is 0 Å². The van der Waals surface area contributed by atoms with Gasteiger partial charge in [-0.2, -0.15) is 5.10 Å². The van der Waals surface area contributed by atoms with Gasteiger partial charge < -0.3 is 4.90 Å². The fraction of sp³-hybridized carbons (Fsp3) is 0.103. The molecule has 0 aliphatic heterocycles. The van der Waals surface area contributed by atoms with Crippen LogP contribution in [-0.2, 0) is 5.54 Å². The molecule has 5 aromatic rings. The lowest BCUT2D eigenvalue weighted by Gasteiger charge is -2.37. The number of fused-ring (bicyclic) bond motifs is 1. The van der Waals surface area contributed by atoms with E-state index in [9.17, 15) is 0 Å². The van der Waals surface area contributed by atoms with Crippen LogP contribution in [0.1, 0.15) is 22.4 Å². The Hall–Kier alpha value is -3.16. The zero-order valence-electron chi connectivity index (χ0n) is 19.4. The van der Waals surface area contributed by atoms with E-state index in [-0.39, 0.29) is 0 Å². The molecule has 35 heavy (non-hydrogen) atoms. The minimum atomic E-state index is -0.724. The number of rotatable bonds is 6. The van der Waals surface area contributed by atoms with Crippen molar-refractivity contribution in [1.82, 2.24) is 19.7 Å². The standard InChI is InChI=1S/C29H24ClIN4/c1-34(2)19-18-24-27-25(20-26(30)32-24)35(33-28(27)31)29(21-12-6-3-7-13-21,22-14-8-4-9-15-22)23-16-10-5-11-17-23/h3-20H,1-2H3/b19-18+. The van der Waals surface area contributed by atoms with Crippen LogP contribution in [-0.4, -0.2) is 33.8 Å². The van der Waals surface area contributed by atoms with Crippen molar-refractivity contribution >= 4 is 51.2 Å². The molecular weight excluding hydrogens is 567 g/mol. The third-order valence-corrected chi connectivity index (χ3v) is 6.99. The van der Waals surface area contributed by atoms with E-state index in [0.717, 1.165) is 37.0 Å². The second kappa shape index (κ2) is 9.84. The smallest absolute Gasteiger partial charge is 0.138 e. The number of halogens is 2. The third kappa shape index (κ3) is 4.23. The molecule has 0 saturated heterocycles. The van der Waals surface area contributed by atoms with Crippen LogP contribution in [0.2, 0.25) is 5.15 Å². The Balaban J connectivity index is 1.95. The zero-order chi connectivity index (χ0) is 24.4. The summed E-state index contributed by atoms with van der Waals surface area (Å²) >= 11 is 8.92. The van der Waals surface area contributed by atoms with Gasteiger partial charge in [0.1, 0.15) is 14.4 Å². The van der Waals surface area contributed by atoms with E-state index < -0.39 is 5.54 Å². The van der Waals surface area contributed by atoms with Crippen molar-refractivity contribution in [1.29, 1.82) is 0 Å². The molecule has 3 aromatic carbocycles. The van der Waals surface area contributed by atoms with Gasteiger partial charge in [-0.25, -0.2) is 9.67 Å². The first-order valence-corrected chi connectivity index (χ1v) is 12.7. The lowest BCUT2D eigenvalue weighted by Crippen LogP contribution is -2.38. The molecule has 0 N–H and O–H groups in total. The van der Waals surface area contributed by atoms with Crippen LogP contribution < -0.4 is 0 Å². The first-order chi connectivity index (χ1) is 17.0. The molecule has 174 valence electrons. The number of hydrogen-bond donors (Lipinski definition) is 0. The monoisotopic (exact) mass is 590 g/mol. The normalized spacial score (nSPS) is 11.9. The Bertz CT molecular complexity index is 1380. The molecule has 4 nitrogen and oxygen atoms in total. The minimum absolute atomic E-state index is 0.427. The molecular formula is C29H24ClIN4. The van der Waals surface area contributed by atoms with Gasteiger partial charge in [0.2, 0.25) is 0 Å². The second-order valence-corrected chi connectivity index (χ2v) is 9.92. The summed E-state index contributed by atoms with van der Waals surface area (Å²) in [4.78, 5) is 6.62. The number of hydrogen-bond acceptors (Lipinski definition) is 3. The van der Waals surface area contributed by atoms with Gasteiger partial charge >= 0.3 is 0 Å². The number of pyridine rings is 1. The number of aromatic nitrogens is 3. The van der Waals surface area contributed by atoms with Crippen LogP contribution in [0.3, 0.4) is 0 Å². The van der Waals surface area contributed by atoms with Crippen LogP contribution in [0.5, 0.6) is 0 Å². The van der Waals surface area contributed by atoms with Crippen molar-refractivity contribution in [2.24, 2.45) is 0 Å². The predicted octanol–water partition coefficient (Wildman–Crippen LogP) is 7.06. The molecule has 2 heterocycles. The average Bonchev–Trinajstić information content (AvgIpc) is 3.21. The van der Waals surface area contributed by atoms with Gasteiger partial charge in [-0.1, -0.05) is 103 Å². The van der Waals surface area contributed by atoms with Gasteiger partial charge in [-0.05, 0) is 45.4 Å². The Morgan fingerprint density at radius 3 is 1.77 bits per heavy atom. The van der Waals surface area contributed by atoms with E-state index in [1.807, 2.05) is 55.5 Å². The van der Waals surface area contributed by atoms with Crippen LogP contribution in [0, 0.1) is 3.70 Å². The molecule has 0 aliphatic carbocycles. The van der Waals surface area contributed by atoms with Crippen LogP contribution in [0.4, 0.5) is 0 Å². The molecule has 0 bridgehead atoms. The number of benzene rings is 3. The van der Waals surface area contributed by atoms with Crippen LogP contribution in [0.25, 0.3) is 17.0 Å². The highest BCUT2D eigenvalue weighted by Crippen LogP contribution is 2.43. The van der Waals surface area contributed by atoms with Crippen molar-refractivity contribution in [2.75, 3.05) is 14.1 Å². The van der Waals surface area contributed by atoms with Gasteiger partial charge in [0.15, 0.2) is 0 Å². The van der Waals surface area contributed by atoms with E-state index in [4.69, 9.17) is 16.7 Å². The summed E-state index contributed by atoms with van der Waals surface area (Å²) in [6.45, 7) is 0. The zero-order valence-corrected chi connectivity index (χ0v) is 22.4. The van der Waals surface area contributed by atoms with Crippen molar-refractivity contribution in [2.45, 2.75) is 5.54 Å². The summed E-state index contributed by atoms with van der Waals surface area (Å²) in [5.74, 6) is 0. The van der Waals surface area contributed by atoms with Gasteiger partial charge in [0, 0.05) is 26.4 Å². The van der Waals surface area contributed by atoms with Gasteiger partial charge in [0.25, 0.3) is 0 Å². The lowest BCUT2D eigenvalue weighted by molar-refractivity contribution is 0.473. The molecule has 0 unspecified atom stereocenters. The quantitative estimate of drug-likeness (QED) is 0.121. The second-order valence-electron chi connectivity index (χ2n) is 8.51. The van der Waals surface area contributed by atoms with Crippen molar-refractivity contribution in [3.63, 3.8) is 0 Å². The maximum absolute atomic E-state index is 6.61. The summed E-state index contributed by atoms with van der Waals surface area (Å²) in [6, 6.07) is 33.5. The number of nitrogens with zero attached hydrogens (tertiary/aromatic N) is 4. The molecule has 6 heteroatoms. The first-order valence-electron chi connectivity index (χ1n) is 11.3. The molecule has 0 atom stereocenters. The Morgan fingerprint density at radius 2 is 1.31 bits per heavy atom. The van der Waals surface area contributed by atoms with E-state index in [1.54, 1.807) is 0 Å². The molecule has 0 amide bonds. The maximum Gasteiger partial charge on any atom is 0.138 e. The molecule has 2 aromatic heterocycles. The molecule has 5 rings (SSSR count). The summed E-state index contributed by atoms with van der Waals surface area (Å²) < 4.78 is 2.98. The highest BCUT2D eigenvalue weighted by molar-refractivity contribution is 14.1. The first kappa shape index (κ1) is 23.6. The minimum Gasteiger partial charge on any atom is -0.383 e.